The van der Waals surface area contributed by atoms with Crippen LogP contribution in [0.1, 0.15) is 34.0 Å². The third-order valence-electron chi connectivity index (χ3n) is 4.31. The minimum absolute atomic E-state index is 0.0139. The average Bonchev–Trinajstić information content (AvgIpc) is 2.80. The van der Waals surface area contributed by atoms with Crippen LogP contribution >= 0.6 is 0 Å². The first-order valence-electron chi connectivity index (χ1n) is 9.06. The highest BCUT2D eigenvalue weighted by molar-refractivity contribution is 5.97. The lowest BCUT2D eigenvalue weighted by atomic mass is 9.95. The van der Waals surface area contributed by atoms with Gasteiger partial charge in [-0.2, -0.15) is 5.26 Å². The van der Waals surface area contributed by atoms with Gasteiger partial charge in [-0.05, 0) is 67.3 Å². The Kier molecular flexibility index (Phi) is 8.04. The van der Waals surface area contributed by atoms with Gasteiger partial charge in [0.15, 0.2) is 5.60 Å². The fourth-order valence-corrected chi connectivity index (χ4v) is 2.42. The first-order valence-corrected chi connectivity index (χ1v) is 9.06. The van der Waals surface area contributed by atoms with Crippen LogP contribution in [0.2, 0.25) is 0 Å². The zero-order valence-electron chi connectivity index (χ0n) is 16.7. The minimum Gasteiger partial charge on any atom is -0.381 e. The molecule has 0 fully saturated rings. The molecule has 1 unspecified atom stereocenters. The number of hydrogen-bond acceptors (Lipinski definition) is 5. The predicted octanol–water partition coefficient (Wildman–Crippen LogP) is 1.58. The van der Waals surface area contributed by atoms with Crippen molar-refractivity contribution >= 4 is 11.8 Å². The number of nitrogens with one attached hydrogen (secondary N) is 2. The number of hydrogen-bond donors (Lipinski definition) is 4. The van der Waals surface area contributed by atoms with Crippen LogP contribution in [-0.2, 0) is 4.79 Å². The Morgan fingerprint density at radius 3 is 1.88 bits per heavy atom. The zero-order chi connectivity index (χ0) is 23.7. The van der Waals surface area contributed by atoms with Gasteiger partial charge in [0.2, 0.25) is 0 Å². The molecule has 2 aromatic rings. The fraction of sp³-hybridized carbons (Fsp3) is 0.174. The van der Waals surface area contributed by atoms with E-state index in [0.29, 0.717) is 23.6 Å². The lowest BCUT2D eigenvalue weighted by Gasteiger charge is -2.30. The minimum atomic E-state index is -3.37. The highest BCUT2D eigenvalue weighted by Crippen LogP contribution is 2.20. The third kappa shape index (κ3) is 6.13. The van der Waals surface area contributed by atoms with Crippen molar-refractivity contribution in [1.82, 2.24) is 10.8 Å². The van der Waals surface area contributed by atoms with E-state index in [-0.39, 0.29) is 5.56 Å². The molecule has 162 valence electrons. The summed E-state index contributed by atoms with van der Waals surface area (Å²) < 4.78 is 26.1. The Balaban J connectivity index is 2.09. The third-order valence-corrected chi connectivity index (χ3v) is 4.31. The summed E-state index contributed by atoms with van der Waals surface area (Å²) in [6, 6.07) is 12.2. The number of amides is 2. The summed E-state index contributed by atoms with van der Waals surface area (Å²) >= 11 is 0. The van der Waals surface area contributed by atoms with E-state index in [9.17, 15) is 23.5 Å². The van der Waals surface area contributed by atoms with Gasteiger partial charge >= 0.3 is 0 Å². The number of aliphatic hydroxyl groups is 1. The van der Waals surface area contributed by atoms with Gasteiger partial charge in [-0.3, -0.25) is 14.8 Å². The van der Waals surface area contributed by atoms with Crippen molar-refractivity contribution in [2.24, 2.45) is 0 Å². The van der Waals surface area contributed by atoms with Crippen LogP contribution in [0.5, 0.6) is 0 Å². The summed E-state index contributed by atoms with van der Waals surface area (Å²) in [5.74, 6) is 8.57. The van der Waals surface area contributed by atoms with Gasteiger partial charge in [-0.1, -0.05) is 11.8 Å². The summed E-state index contributed by atoms with van der Waals surface area (Å²) in [7, 11) is 0. The summed E-state index contributed by atoms with van der Waals surface area (Å²) in [4.78, 5) is 24.0. The quantitative estimate of drug-likeness (QED) is 0.321. The van der Waals surface area contributed by atoms with Crippen molar-refractivity contribution in [1.29, 1.82) is 5.26 Å². The molecule has 9 heteroatoms. The number of hydroxylamine groups is 1. The molecular formula is C23H17F2N3O4. The normalized spacial score (nSPS) is 12.7. The number of carbonyl (C=O) groups excluding carboxylic acids is 2. The van der Waals surface area contributed by atoms with Gasteiger partial charge in [0, 0.05) is 16.7 Å². The highest BCUT2D eigenvalue weighted by atomic mass is 19.3. The number of benzene rings is 2. The Bertz CT molecular complexity index is 1150. The lowest BCUT2D eigenvalue weighted by Crippen LogP contribution is -2.61. The van der Waals surface area contributed by atoms with Gasteiger partial charge in [0.1, 0.15) is 6.04 Å². The fourth-order valence-electron chi connectivity index (χ4n) is 2.42. The van der Waals surface area contributed by atoms with E-state index in [0.717, 1.165) is 5.48 Å². The summed E-state index contributed by atoms with van der Waals surface area (Å²) in [6.07, 6.45) is -3.37. The van der Waals surface area contributed by atoms with Crippen molar-refractivity contribution in [2.45, 2.75) is 25.0 Å². The molecule has 0 saturated heterocycles. The van der Waals surface area contributed by atoms with E-state index in [4.69, 9.17) is 10.5 Å². The van der Waals surface area contributed by atoms with Crippen LogP contribution in [0.15, 0.2) is 48.5 Å². The van der Waals surface area contributed by atoms with Crippen LogP contribution in [0.25, 0.3) is 0 Å². The highest BCUT2D eigenvalue weighted by Gasteiger charge is 2.46. The molecule has 2 amide bonds. The Hall–Kier alpha value is -4.23. The molecule has 4 N–H and O–H groups in total. The SMILES string of the molecule is CC(O)(C(F)F)[C@H](NC(=O)c1ccc(C#CC#Cc2ccc(C#N)cc2)cc1)C(=O)NO. The van der Waals surface area contributed by atoms with Crippen molar-refractivity contribution in [3.8, 4) is 29.8 Å². The second kappa shape index (κ2) is 10.7. The maximum Gasteiger partial charge on any atom is 0.269 e. The van der Waals surface area contributed by atoms with Gasteiger partial charge in [0.05, 0.1) is 11.6 Å². The molecule has 2 atom stereocenters. The monoisotopic (exact) mass is 437 g/mol. The Morgan fingerprint density at radius 2 is 1.44 bits per heavy atom. The topological polar surface area (TPSA) is 122 Å². The van der Waals surface area contributed by atoms with Crippen LogP contribution < -0.4 is 10.8 Å². The molecule has 32 heavy (non-hydrogen) atoms. The molecule has 0 saturated carbocycles. The molecule has 2 rings (SSSR count). The van der Waals surface area contributed by atoms with Gasteiger partial charge in [-0.25, -0.2) is 14.3 Å². The number of nitriles is 1. The molecule has 0 aromatic heterocycles. The molecule has 0 heterocycles. The van der Waals surface area contributed by atoms with Crippen molar-refractivity contribution in [3.63, 3.8) is 0 Å². The molecule has 0 bridgehead atoms. The second-order valence-electron chi connectivity index (χ2n) is 6.68. The van der Waals surface area contributed by atoms with E-state index >= 15 is 0 Å². The van der Waals surface area contributed by atoms with Crippen LogP contribution in [0.4, 0.5) is 8.78 Å². The smallest absolute Gasteiger partial charge is 0.269 e. The van der Waals surface area contributed by atoms with Crippen LogP contribution in [0, 0.1) is 35.0 Å². The van der Waals surface area contributed by atoms with E-state index in [1.54, 1.807) is 24.3 Å². The van der Waals surface area contributed by atoms with Crippen LogP contribution in [0.3, 0.4) is 0 Å². The van der Waals surface area contributed by atoms with E-state index in [1.165, 1.54) is 24.3 Å². The number of nitrogens with zero attached hydrogens (tertiary/aromatic N) is 1. The van der Waals surface area contributed by atoms with E-state index in [2.05, 4.69) is 23.7 Å². The molecule has 0 spiro atoms. The van der Waals surface area contributed by atoms with E-state index < -0.39 is 29.9 Å². The number of alkyl halides is 2. The number of rotatable bonds is 5. The van der Waals surface area contributed by atoms with Gasteiger partial charge < -0.3 is 10.4 Å². The molecule has 2 aromatic carbocycles. The first-order chi connectivity index (χ1) is 15.2. The number of carbonyl (C=O) groups is 2. The largest absolute Gasteiger partial charge is 0.381 e. The van der Waals surface area contributed by atoms with Crippen LogP contribution in [-0.4, -0.2) is 40.2 Å². The van der Waals surface area contributed by atoms with Crippen molar-refractivity contribution in [3.05, 3.63) is 70.8 Å². The Labute approximate surface area is 182 Å². The van der Waals surface area contributed by atoms with Gasteiger partial charge in [0.25, 0.3) is 18.2 Å². The second-order valence-corrected chi connectivity index (χ2v) is 6.68. The maximum absolute atomic E-state index is 13.1. The standard InChI is InChI=1S/C23H17F2N3O4/c1-23(31,22(24)25)19(21(30)28-32)27-20(29)18-12-10-16(11-13-18)5-3-2-4-15-6-8-17(14-26)9-7-15/h6-13,19,22,31-32H,1H3,(H,27,29)(H,28,30)/t19-,23?/m1/s1. The molecular weight excluding hydrogens is 420 g/mol. The van der Waals surface area contributed by atoms with E-state index in [1.807, 2.05) is 11.4 Å². The number of halogens is 2. The Morgan fingerprint density at radius 1 is 0.969 bits per heavy atom. The summed E-state index contributed by atoms with van der Waals surface area (Å²) in [6.45, 7) is 0.662. The lowest BCUT2D eigenvalue weighted by molar-refractivity contribution is -0.149. The summed E-state index contributed by atoms with van der Waals surface area (Å²) in [5.41, 5.74) is -0.0349. The molecule has 0 aliphatic rings. The molecule has 0 aliphatic heterocycles. The average molecular weight is 437 g/mol. The molecule has 7 nitrogen and oxygen atoms in total. The maximum atomic E-state index is 13.1. The van der Waals surface area contributed by atoms with Gasteiger partial charge in [-0.15, -0.1) is 0 Å². The zero-order valence-corrected chi connectivity index (χ0v) is 16.7. The summed E-state index contributed by atoms with van der Waals surface area (Å²) in [5, 5.41) is 29.3. The van der Waals surface area contributed by atoms with Crippen molar-refractivity contribution < 1.29 is 28.7 Å². The van der Waals surface area contributed by atoms with Crippen molar-refractivity contribution in [2.75, 3.05) is 0 Å². The molecule has 0 radical (unpaired) electrons. The molecule has 0 aliphatic carbocycles. The first kappa shape index (κ1) is 24.0. The predicted molar refractivity (Wildman–Crippen MR) is 109 cm³/mol.